The van der Waals surface area contributed by atoms with Crippen LogP contribution in [0.2, 0.25) is 0 Å². The molecule has 6 nitrogen and oxygen atoms in total. The lowest BCUT2D eigenvalue weighted by atomic mass is 10.1. The molecule has 0 aliphatic heterocycles. The highest BCUT2D eigenvalue weighted by atomic mass is 31.2. The summed E-state index contributed by atoms with van der Waals surface area (Å²) < 4.78 is 22.2. The highest BCUT2D eigenvalue weighted by molar-refractivity contribution is 7.45. The molecule has 0 aromatic carbocycles. The van der Waals surface area contributed by atoms with Crippen LogP contribution in [0.5, 0.6) is 0 Å². The summed E-state index contributed by atoms with van der Waals surface area (Å²) in [6, 6.07) is 0. The van der Waals surface area contributed by atoms with Crippen LogP contribution in [0.4, 0.5) is 0 Å². The Morgan fingerprint density at radius 3 is 2.04 bits per heavy atom. The van der Waals surface area contributed by atoms with Gasteiger partial charge in [-0.25, -0.2) is 9.13 Å². The molecule has 1 aromatic heterocycles. The lowest BCUT2D eigenvalue weighted by Gasteiger charge is -2.16. The van der Waals surface area contributed by atoms with Crippen molar-refractivity contribution in [2.24, 2.45) is 0 Å². The molecule has 0 N–H and O–H groups in total. The second-order valence-electron chi connectivity index (χ2n) is 5.42. The molecular weight excluding hydrogens is 315 g/mol. The summed E-state index contributed by atoms with van der Waals surface area (Å²) in [7, 11) is -1.83. The maximum absolute atomic E-state index is 9.95. The quantitative estimate of drug-likeness (QED) is 0.350. The molecule has 136 valence electrons. The number of aryl methyl sites for hydroxylation is 2. The van der Waals surface area contributed by atoms with E-state index in [0.717, 1.165) is 20.8 Å². The summed E-state index contributed by atoms with van der Waals surface area (Å²) in [5.41, 5.74) is 0. The number of hydrogen-bond acceptors (Lipinski definition) is 4. The number of phosphoric acid groups is 1. The average molecular weight is 348 g/mol. The topological polar surface area (TPSA) is 67.4 Å². The smallest absolute Gasteiger partial charge is 0.267 e. The van der Waals surface area contributed by atoms with Crippen molar-refractivity contribution >= 4 is 7.82 Å². The van der Waals surface area contributed by atoms with E-state index in [2.05, 4.69) is 50.8 Å². The molecule has 0 radical (unpaired) electrons. The lowest BCUT2D eigenvalue weighted by molar-refractivity contribution is -0.696. The van der Waals surface area contributed by atoms with Gasteiger partial charge in [-0.2, -0.15) is 0 Å². The molecule has 0 amide bonds. The molecule has 0 unspecified atom stereocenters. The summed E-state index contributed by atoms with van der Waals surface area (Å²) >= 11 is 0. The standard InChI is InChI=1S/C14H27N2.C2H7O4P/c1-3-5-6-7-8-9-10-11-16-13-12-15(4-2)14-16;1-5-7(3,4)6-2/h12-14H,3-11H2,1-2H3;1-2H3,(H,3,4)/q+1;/p-1. The number of hydrogen-bond donors (Lipinski definition) is 0. The van der Waals surface area contributed by atoms with Crippen LogP contribution in [0.1, 0.15) is 58.8 Å². The number of unbranched alkanes of at least 4 members (excludes halogenated alkanes) is 6. The van der Waals surface area contributed by atoms with Crippen LogP contribution in [0.3, 0.4) is 0 Å². The van der Waals surface area contributed by atoms with Crippen molar-refractivity contribution in [1.29, 1.82) is 0 Å². The van der Waals surface area contributed by atoms with E-state index in [1.807, 2.05) is 0 Å². The molecule has 1 heterocycles. The number of nitrogens with zero attached hydrogens (tertiary/aromatic N) is 2. The Morgan fingerprint density at radius 2 is 1.61 bits per heavy atom. The van der Waals surface area contributed by atoms with Crippen LogP contribution < -0.4 is 9.46 Å². The van der Waals surface area contributed by atoms with E-state index in [-0.39, 0.29) is 0 Å². The molecule has 0 bridgehead atoms. The largest absolute Gasteiger partial charge is 0.756 e. The minimum Gasteiger partial charge on any atom is -0.756 e. The van der Waals surface area contributed by atoms with Gasteiger partial charge >= 0.3 is 0 Å². The zero-order valence-corrected chi connectivity index (χ0v) is 16.0. The monoisotopic (exact) mass is 348 g/mol. The van der Waals surface area contributed by atoms with Crippen molar-refractivity contribution in [2.45, 2.75) is 71.9 Å². The molecule has 0 aliphatic carbocycles. The van der Waals surface area contributed by atoms with Gasteiger partial charge in [0.05, 0.1) is 13.1 Å². The Bertz CT molecular complexity index is 429. The average Bonchev–Trinajstić information content (AvgIpc) is 3.02. The van der Waals surface area contributed by atoms with Gasteiger partial charge in [0.25, 0.3) is 7.82 Å². The normalized spacial score (nSPS) is 11.2. The van der Waals surface area contributed by atoms with Gasteiger partial charge in [0.2, 0.25) is 6.33 Å². The summed E-state index contributed by atoms with van der Waals surface area (Å²) in [4.78, 5) is 9.95. The van der Waals surface area contributed by atoms with Gasteiger partial charge in [-0.1, -0.05) is 39.0 Å². The third-order valence-electron chi connectivity index (χ3n) is 3.58. The molecule has 0 fully saturated rings. The summed E-state index contributed by atoms with van der Waals surface area (Å²) in [5.74, 6) is 0. The number of phosphoric ester groups is 1. The second-order valence-corrected chi connectivity index (χ2v) is 7.04. The lowest BCUT2D eigenvalue weighted by Crippen LogP contribution is -2.30. The molecule has 1 aromatic rings. The zero-order chi connectivity index (χ0) is 17.6. The fourth-order valence-corrected chi connectivity index (χ4v) is 2.23. The van der Waals surface area contributed by atoms with Gasteiger partial charge in [0.1, 0.15) is 12.4 Å². The molecule has 1 rings (SSSR count). The van der Waals surface area contributed by atoms with E-state index in [9.17, 15) is 9.46 Å². The second kappa shape index (κ2) is 13.7. The Morgan fingerprint density at radius 1 is 1.04 bits per heavy atom. The Balaban J connectivity index is 0.000000585. The van der Waals surface area contributed by atoms with Crippen molar-refractivity contribution in [3.05, 3.63) is 18.7 Å². The molecule has 0 saturated heterocycles. The van der Waals surface area contributed by atoms with Crippen molar-refractivity contribution in [3.63, 3.8) is 0 Å². The molecular formula is C16H33N2O4P. The van der Waals surface area contributed by atoms with Crippen LogP contribution >= 0.6 is 7.82 Å². The van der Waals surface area contributed by atoms with Gasteiger partial charge in [-0.05, 0) is 19.8 Å². The molecule has 0 spiro atoms. The van der Waals surface area contributed by atoms with Crippen LogP contribution in [0, 0.1) is 0 Å². The van der Waals surface area contributed by atoms with Gasteiger partial charge in [0.15, 0.2) is 0 Å². The van der Waals surface area contributed by atoms with Gasteiger partial charge in [-0.3, -0.25) is 4.57 Å². The van der Waals surface area contributed by atoms with Crippen LogP contribution in [-0.4, -0.2) is 18.8 Å². The van der Waals surface area contributed by atoms with Crippen LogP contribution in [0.15, 0.2) is 18.7 Å². The first kappa shape index (κ1) is 22.3. The Kier molecular flexibility index (Phi) is 13.3. The van der Waals surface area contributed by atoms with Crippen molar-refractivity contribution < 1.29 is 23.1 Å². The molecule has 0 atom stereocenters. The minimum absolute atomic E-state index is 1.04. The Hall–Kier alpha value is -0.680. The molecule has 7 heteroatoms. The predicted molar refractivity (Wildman–Crippen MR) is 89.9 cm³/mol. The molecule has 0 aliphatic rings. The first-order valence-corrected chi connectivity index (χ1v) is 9.92. The highest BCUT2D eigenvalue weighted by Crippen LogP contribution is 2.34. The van der Waals surface area contributed by atoms with Crippen molar-refractivity contribution in [1.82, 2.24) is 4.57 Å². The predicted octanol–water partition coefficient (Wildman–Crippen LogP) is 3.29. The number of aromatic nitrogens is 2. The fourth-order valence-electron chi connectivity index (χ4n) is 2.08. The van der Waals surface area contributed by atoms with E-state index in [0.29, 0.717) is 0 Å². The van der Waals surface area contributed by atoms with Crippen molar-refractivity contribution in [2.75, 3.05) is 14.2 Å². The van der Waals surface area contributed by atoms with E-state index >= 15 is 0 Å². The maximum Gasteiger partial charge on any atom is 0.267 e. The SMILES string of the molecule is CCCCCCCCC[n+]1ccn(CC)c1.COP(=O)([O-])OC. The van der Waals surface area contributed by atoms with E-state index in [4.69, 9.17) is 0 Å². The van der Waals surface area contributed by atoms with Gasteiger partial charge in [0, 0.05) is 14.2 Å². The van der Waals surface area contributed by atoms with Crippen LogP contribution in [0.25, 0.3) is 0 Å². The van der Waals surface area contributed by atoms with E-state index in [1.54, 1.807) is 0 Å². The van der Waals surface area contributed by atoms with Gasteiger partial charge < -0.3 is 13.9 Å². The molecule has 0 saturated carbocycles. The van der Waals surface area contributed by atoms with E-state index in [1.165, 1.54) is 51.5 Å². The van der Waals surface area contributed by atoms with Crippen molar-refractivity contribution in [3.8, 4) is 0 Å². The minimum atomic E-state index is -3.90. The number of rotatable bonds is 11. The third kappa shape index (κ3) is 12.4. The first-order valence-electron chi connectivity index (χ1n) is 8.46. The molecule has 23 heavy (non-hydrogen) atoms. The van der Waals surface area contributed by atoms with Gasteiger partial charge in [-0.15, -0.1) is 0 Å². The first-order chi connectivity index (χ1) is 11.0. The maximum atomic E-state index is 9.95. The zero-order valence-electron chi connectivity index (χ0n) is 15.1. The summed E-state index contributed by atoms with van der Waals surface area (Å²) in [5, 5.41) is 0. The summed E-state index contributed by atoms with van der Waals surface area (Å²) in [6.45, 7) is 6.71. The number of imidazole rings is 1. The van der Waals surface area contributed by atoms with Crippen LogP contribution in [-0.2, 0) is 26.7 Å². The fraction of sp³-hybridized carbons (Fsp3) is 0.812. The Labute approximate surface area is 141 Å². The highest BCUT2D eigenvalue weighted by Gasteiger charge is 2.00. The third-order valence-corrected chi connectivity index (χ3v) is 4.47. The summed E-state index contributed by atoms with van der Waals surface area (Å²) in [6.07, 6.45) is 16.3. The van der Waals surface area contributed by atoms with E-state index < -0.39 is 7.82 Å².